The molecular weight excluding hydrogens is 406 g/mol. The molecule has 5 rings (SSSR count). The van der Waals surface area contributed by atoms with Gasteiger partial charge in [0.2, 0.25) is 5.91 Å². The van der Waals surface area contributed by atoms with Crippen LogP contribution in [0.15, 0.2) is 41.8 Å². The van der Waals surface area contributed by atoms with Crippen molar-refractivity contribution < 1.29 is 9.59 Å². The van der Waals surface area contributed by atoms with Gasteiger partial charge in [-0.2, -0.15) is 0 Å². The highest BCUT2D eigenvalue weighted by molar-refractivity contribution is 7.16. The number of hydrogen-bond donors (Lipinski definition) is 1. The predicted molar refractivity (Wildman–Crippen MR) is 126 cm³/mol. The van der Waals surface area contributed by atoms with Crippen LogP contribution in [-0.4, -0.2) is 28.0 Å². The van der Waals surface area contributed by atoms with Gasteiger partial charge in [-0.25, -0.2) is 0 Å². The van der Waals surface area contributed by atoms with Crippen molar-refractivity contribution in [3.8, 4) is 0 Å². The van der Waals surface area contributed by atoms with Gasteiger partial charge in [-0.15, -0.1) is 11.3 Å². The molecule has 1 fully saturated rings. The van der Waals surface area contributed by atoms with Gasteiger partial charge in [0, 0.05) is 17.1 Å². The highest BCUT2D eigenvalue weighted by Crippen LogP contribution is 2.38. The van der Waals surface area contributed by atoms with Crippen LogP contribution < -0.4 is 10.2 Å². The average molecular weight is 436 g/mol. The van der Waals surface area contributed by atoms with Crippen LogP contribution in [-0.2, 0) is 17.8 Å². The molecule has 3 heterocycles. The quantitative estimate of drug-likeness (QED) is 0.617. The molecular formula is C25H29N3O2S. The number of nitrogens with one attached hydrogen (secondary N) is 1. The number of benzene rings is 1. The van der Waals surface area contributed by atoms with Crippen LogP contribution >= 0.6 is 11.3 Å². The summed E-state index contributed by atoms with van der Waals surface area (Å²) in [6.07, 6.45) is 6.46. The molecule has 3 aromatic rings. The second-order valence-electron chi connectivity index (χ2n) is 9.04. The lowest BCUT2D eigenvalue weighted by Gasteiger charge is -2.44. The van der Waals surface area contributed by atoms with E-state index < -0.39 is 5.54 Å². The lowest BCUT2D eigenvalue weighted by molar-refractivity contribution is -0.127. The lowest BCUT2D eigenvalue weighted by atomic mass is 9.91. The van der Waals surface area contributed by atoms with E-state index in [-0.39, 0.29) is 17.9 Å². The summed E-state index contributed by atoms with van der Waals surface area (Å²) in [5.74, 6) is -0.164. The van der Waals surface area contributed by atoms with E-state index in [4.69, 9.17) is 0 Å². The summed E-state index contributed by atoms with van der Waals surface area (Å²) in [6, 6.07) is 12.2. The van der Waals surface area contributed by atoms with Crippen molar-refractivity contribution in [2.75, 3.05) is 4.90 Å². The zero-order chi connectivity index (χ0) is 21.6. The third-order valence-electron chi connectivity index (χ3n) is 6.89. The van der Waals surface area contributed by atoms with E-state index in [1.807, 2.05) is 47.2 Å². The Morgan fingerprint density at radius 1 is 1.19 bits per heavy atom. The molecule has 1 aliphatic carbocycles. The molecule has 1 saturated carbocycles. The number of carbonyl (C=O) groups excluding carboxylic acids is 2. The maximum atomic E-state index is 13.8. The molecule has 0 spiro atoms. The number of anilines is 1. The number of amides is 2. The third-order valence-corrected chi connectivity index (χ3v) is 7.84. The molecule has 162 valence electrons. The van der Waals surface area contributed by atoms with E-state index in [0.29, 0.717) is 12.2 Å². The van der Waals surface area contributed by atoms with E-state index in [9.17, 15) is 9.59 Å². The van der Waals surface area contributed by atoms with E-state index in [2.05, 4.69) is 18.3 Å². The van der Waals surface area contributed by atoms with Crippen molar-refractivity contribution in [1.82, 2.24) is 9.88 Å². The van der Waals surface area contributed by atoms with Gasteiger partial charge < -0.3 is 9.88 Å². The van der Waals surface area contributed by atoms with Gasteiger partial charge in [0.15, 0.2) is 0 Å². The van der Waals surface area contributed by atoms with Crippen LogP contribution in [0.4, 0.5) is 5.69 Å². The minimum absolute atomic E-state index is 0.0568. The second kappa shape index (κ2) is 7.83. The molecule has 5 nitrogen and oxygen atoms in total. The second-order valence-corrected chi connectivity index (χ2v) is 9.94. The predicted octanol–water partition coefficient (Wildman–Crippen LogP) is 5.13. The van der Waals surface area contributed by atoms with Crippen molar-refractivity contribution in [2.45, 2.75) is 70.5 Å². The van der Waals surface area contributed by atoms with Gasteiger partial charge in [-0.3, -0.25) is 14.5 Å². The lowest BCUT2D eigenvalue weighted by Crippen LogP contribution is -2.65. The number of rotatable bonds is 4. The Balaban J connectivity index is 1.60. The standard InChI is InChI=1S/C25H29N3O2S/c1-3-17-8-7-11-20(14-17)28-22(29)21-15-18-12-13-31-23(18)27(21)16-25(28,2)24(30)26-19-9-5-4-6-10-19/h7-8,11-15,19H,3-6,9-10,16H2,1-2H3,(H,26,30)/t25-/m1/s1. The molecule has 1 aliphatic heterocycles. The highest BCUT2D eigenvalue weighted by Gasteiger charge is 2.49. The van der Waals surface area contributed by atoms with Crippen LogP contribution in [0.1, 0.15) is 62.0 Å². The van der Waals surface area contributed by atoms with Gasteiger partial charge >= 0.3 is 0 Å². The first-order chi connectivity index (χ1) is 15.0. The number of aromatic nitrogens is 1. The molecule has 1 atom stereocenters. The van der Waals surface area contributed by atoms with Crippen LogP contribution in [0.3, 0.4) is 0 Å². The Hall–Kier alpha value is -2.60. The Bertz CT molecular complexity index is 1140. The molecule has 2 amide bonds. The summed E-state index contributed by atoms with van der Waals surface area (Å²) in [5.41, 5.74) is 1.61. The monoisotopic (exact) mass is 435 g/mol. The van der Waals surface area contributed by atoms with Crippen molar-refractivity contribution in [3.05, 3.63) is 53.0 Å². The molecule has 0 bridgehead atoms. The van der Waals surface area contributed by atoms with Gasteiger partial charge in [-0.05, 0) is 61.4 Å². The molecule has 6 heteroatoms. The Kier molecular flexibility index (Phi) is 5.13. The van der Waals surface area contributed by atoms with Crippen molar-refractivity contribution in [1.29, 1.82) is 0 Å². The number of aryl methyl sites for hydroxylation is 1. The summed E-state index contributed by atoms with van der Waals surface area (Å²) in [5, 5.41) is 6.40. The highest BCUT2D eigenvalue weighted by atomic mass is 32.1. The Morgan fingerprint density at radius 3 is 2.77 bits per heavy atom. The molecule has 0 saturated heterocycles. The first-order valence-electron chi connectivity index (χ1n) is 11.3. The van der Waals surface area contributed by atoms with E-state index >= 15 is 0 Å². The summed E-state index contributed by atoms with van der Waals surface area (Å²) < 4.78 is 2.04. The number of fused-ring (bicyclic) bond motifs is 3. The number of nitrogens with zero attached hydrogens (tertiary/aromatic N) is 2. The molecule has 2 aromatic heterocycles. The zero-order valence-corrected chi connectivity index (χ0v) is 19.0. The minimum Gasteiger partial charge on any atom is -0.351 e. The third kappa shape index (κ3) is 3.37. The molecule has 2 aliphatic rings. The van der Waals surface area contributed by atoms with Gasteiger partial charge in [0.1, 0.15) is 16.1 Å². The number of carbonyl (C=O) groups is 2. The van der Waals surface area contributed by atoms with Crippen LogP contribution in [0.2, 0.25) is 0 Å². The largest absolute Gasteiger partial charge is 0.351 e. The fourth-order valence-electron chi connectivity index (χ4n) is 5.11. The molecule has 0 radical (unpaired) electrons. The molecule has 1 N–H and O–H groups in total. The maximum Gasteiger partial charge on any atom is 0.275 e. The molecule has 31 heavy (non-hydrogen) atoms. The van der Waals surface area contributed by atoms with Crippen LogP contribution in [0.25, 0.3) is 10.2 Å². The summed E-state index contributed by atoms with van der Waals surface area (Å²) in [4.78, 5) is 30.4. The smallest absolute Gasteiger partial charge is 0.275 e. The SMILES string of the molecule is CCc1cccc(N2C(=O)c3cc4ccsc4n3C[C@]2(C)C(=O)NC2CCCCC2)c1. The minimum atomic E-state index is -0.996. The van der Waals surface area contributed by atoms with Crippen molar-refractivity contribution in [2.24, 2.45) is 0 Å². The van der Waals surface area contributed by atoms with E-state index in [1.165, 1.54) is 6.42 Å². The Labute approximate surface area is 187 Å². The maximum absolute atomic E-state index is 13.8. The molecule has 0 unspecified atom stereocenters. The van der Waals surface area contributed by atoms with E-state index in [0.717, 1.165) is 53.6 Å². The zero-order valence-electron chi connectivity index (χ0n) is 18.2. The molecule has 1 aromatic carbocycles. The topological polar surface area (TPSA) is 54.3 Å². The first-order valence-corrected chi connectivity index (χ1v) is 12.2. The Morgan fingerprint density at radius 2 is 2.00 bits per heavy atom. The number of hydrogen-bond acceptors (Lipinski definition) is 3. The summed E-state index contributed by atoms with van der Waals surface area (Å²) in [6.45, 7) is 4.47. The summed E-state index contributed by atoms with van der Waals surface area (Å²) in [7, 11) is 0. The van der Waals surface area contributed by atoms with Gasteiger partial charge in [0.25, 0.3) is 5.91 Å². The van der Waals surface area contributed by atoms with Gasteiger partial charge in [-0.1, -0.05) is 38.3 Å². The normalized spacial score (nSPS) is 22.0. The van der Waals surface area contributed by atoms with Crippen LogP contribution in [0, 0.1) is 0 Å². The van der Waals surface area contributed by atoms with Crippen molar-refractivity contribution >= 4 is 39.1 Å². The van der Waals surface area contributed by atoms with Gasteiger partial charge in [0.05, 0.1) is 6.54 Å². The van der Waals surface area contributed by atoms with Crippen LogP contribution in [0.5, 0.6) is 0 Å². The average Bonchev–Trinajstić information content (AvgIpc) is 3.37. The van der Waals surface area contributed by atoms with E-state index in [1.54, 1.807) is 16.2 Å². The summed E-state index contributed by atoms with van der Waals surface area (Å²) >= 11 is 1.62. The van der Waals surface area contributed by atoms with Crippen molar-refractivity contribution in [3.63, 3.8) is 0 Å². The fraction of sp³-hybridized carbons (Fsp3) is 0.440. The first kappa shape index (κ1) is 20.3. The fourth-order valence-corrected chi connectivity index (χ4v) is 6.00. The number of thiophene rings is 1.